The number of carbonyl (C=O) groups is 1. The highest BCUT2D eigenvalue weighted by Crippen LogP contribution is 2.43. The molecule has 0 saturated heterocycles. The lowest BCUT2D eigenvalue weighted by Gasteiger charge is -2.25. The van der Waals surface area contributed by atoms with Crippen molar-refractivity contribution in [2.75, 3.05) is 40.9 Å². The first kappa shape index (κ1) is 72.5. The highest BCUT2D eigenvalue weighted by molar-refractivity contribution is 7.47. The molecule has 0 aromatic heterocycles. The number of aliphatic hydroxyl groups excluding tert-OH is 1. The SMILES string of the molecule is CCCCCCC/C=C\C/C=C\CCCCCCCCCCCCCCCCCCCC(=O)NC(COP(=O)(O)OCC[N+](C)(C)C)C(O)/C=C/CC/C=C/CCCCCCCCCCCCCCCCCCC. The van der Waals surface area contributed by atoms with E-state index in [1.807, 2.05) is 27.2 Å². The largest absolute Gasteiger partial charge is 0.472 e. The highest BCUT2D eigenvalue weighted by Gasteiger charge is 2.27. The van der Waals surface area contributed by atoms with Gasteiger partial charge in [-0.05, 0) is 64.2 Å². The molecule has 0 radical (unpaired) electrons. The van der Waals surface area contributed by atoms with Crippen LogP contribution in [0.5, 0.6) is 0 Å². The molecule has 0 saturated carbocycles. The maximum absolute atomic E-state index is 13.0. The van der Waals surface area contributed by atoms with Crippen molar-refractivity contribution in [2.45, 2.75) is 321 Å². The van der Waals surface area contributed by atoms with Crippen molar-refractivity contribution in [1.82, 2.24) is 5.32 Å². The fourth-order valence-electron chi connectivity index (χ4n) is 9.50. The number of phosphoric ester groups is 1. The van der Waals surface area contributed by atoms with E-state index in [1.165, 1.54) is 244 Å². The quantitative estimate of drug-likeness (QED) is 0.0243. The van der Waals surface area contributed by atoms with Crippen LogP contribution in [0.1, 0.15) is 309 Å². The van der Waals surface area contributed by atoms with Crippen LogP contribution in [0.15, 0.2) is 48.6 Å². The van der Waals surface area contributed by atoms with Gasteiger partial charge < -0.3 is 19.8 Å². The van der Waals surface area contributed by atoms with Gasteiger partial charge in [-0.15, -0.1) is 0 Å². The van der Waals surface area contributed by atoms with E-state index < -0.39 is 20.0 Å². The molecule has 0 bridgehead atoms. The van der Waals surface area contributed by atoms with Crippen LogP contribution >= 0.6 is 7.82 Å². The van der Waals surface area contributed by atoms with Gasteiger partial charge >= 0.3 is 7.82 Å². The van der Waals surface area contributed by atoms with Gasteiger partial charge in [0.05, 0.1) is 39.9 Å². The van der Waals surface area contributed by atoms with Crippen LogP contribution in [-0.4, -0.2) is 73.4 Å². The number of nitrogens with zero attached hydrogens (tertiary/aromatic N) is 1. The number of nitrogens with one attached hydrogen (secondary N) is 1. The zero-order valence-electron chi connectivity index (χ0n) is 49.8. The zero-order chi connectivity index (χ0) is 54.2. The number of carbonyl (C=O) groups excluding carboxylic acids is 1. The van der Waals surface area contributed by atoms with Crippen LogP contribution in [0, 0.1) is 0 Å². The van der Waals surface area contributed by atoms with Gasteiger partial charge in [-0.1, -0.05) is 287 Å². The van der Waals surface area contributed by atoms with Crippen LogP contribution in [0.25, 0.3) is 0 Å². The summed E-state index contributed by atoms with van der Waals surface area (Å²) in [5.74, 6) is -0.182. The Hall–Kier alpha value is -1.54. The summed E-state index contributed by atoms with van der Waals surface area (Å²) < 4.78 is 23.8. The molecule has 3 atom stereocenters. The second-order valence-corrected chi connectivity index (χ2v) is 24.6. The molecule has 0 aliphatic heterocycles. The summed E-state index contributed by atoms with van der Waals surface area (Å²) in [5.41, 5.74) is 0. The van der Waals surface area contributed by atoms with Gasteiger partial charge in [-0.3, -0.25) is 13.8 Å². The minimum atomic E-state index is -4.36. The zero-order valence-corrected chi connectivity index (χ0v) is 50.7. The lowest BCUT2D eigenvalue weighted by molar-refractivity contribution is -0.870. The lowest BCUT2D eigenvalue weighted by atomic mass is 10.0. The Kier molecular flexibility index (Phi) is 55.0. The van der Waals surface area contributed by atoms with Crippen molar-refractivity contribution in [3.05, 3.63) is 48.6 Å². The summed E-state index contributed by atoms with van der Waals surface area (Å²) in [6.45, 7) is 4.83. The Morgan fingerprint density at radius 1 is 0.459 bits per heavy atom. The van der Waals surface area contributed by atoms with E-state index in [9.17, 15) is 19.4 Å². The van der Waals surface area contributed by atoms with Crippen LogP contribution in [0.2, 0.25) is 0 Å². The summed E-state index contributed by atoms with van der Waals surface area (Å²) in [4.78, 5) is 23.4. The number of amides is 1. The fourth-order valence-corrected chi connectivity index (χ4v) is 10.2. The van der Waals surface area contributed by atoms with Crippen LogP contribution in [-0.2, 0) is 18.4 Å². The number of hydrogen-bond donors (Lipinski definition) is 3. The van der Waals surface area contributed by atoms with Crippen molar-refractivity contribution in [3.63, 3.8) is 0 Å². The summed E-state index contributed by atoms with van der Waals surface area (Å²) in [5, 5.41) is 14.0. The van der Waals surface area contributed by atoms with Gasteiger partial charge in [0.2, 0.25) is 5.91 Å². The third-order valence-corrected chi connectivity index (χ3v) is 15.5. The van der Waals surface area contributed by atoms with E-state index in [-0.39, 0.29) is 19.1 Å². The van der Waals surface area contributed by atoms with E-state index in [0.717, 1.165) is 44.9 Å². The number of allylic oxidation sites excluding steroid dienone is 7. The average molecular weight is 1060 g/mol. The van der Waals surface area contributed by atoms with Crippen LogP contribution < -0.4 is 5.32 Å². The number of quaternary nitrogens is 1. The second-order valence-electron chi connectivity index (χ2n) is 23.1. The van der Waals surface area contributed by atoms with Crippen molar-refractivity contribution < 1.29 is 32.9 Å². The highest BCUT2D eigenvalue weighted by atomic mass is 31.2. The molecule has 0 spiro atoms. The molecule has 0 aliphatic carbocycles. The molecule has 3 unspecified atom stereocenters. The predicted molar refractivity (Wildman–Crippen MR) is 323 cm³/mol. The number of phosphoric acid groups is 1. The second kappa shape index (κ2) is 56.2. The smallest absolute Gasteiger partial charge is 0.387 e. The third kappa shape index (κ3) is 58.1. The Labute approximate surface area is 460 Å². The van der Waals surface area contributed by atoms with E-state index in [2.05, 4.69) is 55.6 Å². The standard InChI is InChI=1S/C65H125N2O6P/c1-6-8-10-12-14-16-18-20-22-24-26-28-30-31-32-33-34-35-37-39-41-43-45-47-49-51-53-55-57-59-65(69)66-63(62-73-74(70,71)72-61-60-67(3,4)5)64(68)58-56-54-52-50-48-46-44-42-40-38-36-29-27-25-23-21-19-17-15-13-11-9-7-2/h18,20,24,26,48,50,56,58,63-64,68H,6-17,19,21-23,25,27-47,49,51-55,57,59-62H2,1-5H3,(H-,66,69,70,71)/p+1/b20-18-,26-24-,50-48+,58-56+. The first-order valence-electron chi connectivity index (χ1n) is 32.0. The van der Waals surface area contributed by atoms with Crippen molar-refractivity contribution >= 4 is 13.7 Å². The summed E-state index contributed by atoms with van der Waals surface area (Å²) >= 11 is 0. The fraction of sp³-hybridized carbons (Fsp3) is 0.862. The maximum Gasteiger partial charge on any atom is 0.472 e. The normalized spacial score (nSPS) is 14.1. The van der Waals surface area contributed by atoms with E-state index in [1.54, 1.807) is 6.08 Å². The van der Waals surface area contributed by atoms with E-state index in [0.29, 0.717) is 17.4 Å². The Morgan fingerprint density at radius 3 is 1.16 bits per heavy atom. The summed E-state index contributed by atoms with van der Waals surface area (Å²) in [7, 11) is 1.56. The Morgan fingerprint density at radius 2 is 0.784 bits per heavy atom. The molecular formula is C65H126N2O6P+. The molecule has 0 rings (SSSR count). The van der Waals surface area contributed by atoms with E-state index >= 15 is 0 Å². The molecule has 0 fully saturated rings. The van der Waals surface area contributed by atoms with Gasteiger partial charge in [0.1, 0.15) is 13.2 Å². The molecule has 8 nitrogen and oxygen atoms in total. The molecule has 9 heteroatoms. The number of likely N-dealkylation sites (N-methyl/N-ethyl adjacent to an activating group) is 1. The minimum Gasteiger partial charge on any atom is -0.387 e. The van der Waals surface area contributed by atoms with Gasteiger partial charge in [0.15, 0.2) is 0 Å². The minimum absolute atomic E-state index is 0.0567. The number of aliphatic hydroxyl groups is 1. The predicted octanol–water partition coefficient (Wildman–Crippen LogP) is 19.9. The Bertz CT molecular complexity index is 1340. The molecule has 0 aromatic rings. The summed E-state index contributed by atoms with van der Waals surface area (Å²) in [6, 6.07) is -0.864. The molecule has 3 N–H and O–H groups in total. The first-order chi connectivity index (χ1) is 36.0. The number of unbranched alkanes of at least 4 members (excludes halogenated alkanes) is 40. The van der Waals surface area contributed by atoms with Crippen molar-refractivity contribution in [2.24, 2.45) is 0 Å². The van der Waals surface area contributed by atoms with Gasteiger partial charge in [0, 0.05) is 6.42 Å². The molecule has 0 aromatic carbocycles. The van der Waals surface area contributed by atoms with E-state index in [4.69, 9.17) is 9.05 Å². The van der Waals surface area contributed by atoms with Crippen molar-refractivity contribution in [1.29, 1.82) is 0 Å². The lowest BCUT2D eigenvalue weighted by Crippen LogP contribution is -2.45. The molecule has 436 valence electrons. The molecular weight excluding hydrogens is 936 g/mol. The van der Waals surface area contributed by atoms with Crippen LogP contribution in [0.3, 0.4) is 0 Å². The van der Waals surface area contributed by atoms with Crippen molar-refractivity contribution in [3.8, 4) is 0 Å². The van der Waals surface area contributed by atoms with Gasteiger partial charge in [-0.25, -0.2) is 4.57 Å². The molecule has 74 heavy (non-hydrogen) atoms. The number of rotatable bonds is 59. The number of hydrogen-bond acceptors (Lipinski definition) is 5. The third-order valence-electron chi connectivity index (χ3n) is 14.5. The van der Waals surface area contributed by atoms with Gasteiger partial charge in [0.25, 0.3) is 0 Å². The molecule has 0 aliphatic rings. The maximum atomic E-state index is 13.0. The topological polar surface area (TPSA) is 105 Å². The average Bonchev–Trinajstić information content (AvgIpc) is 3.36. The van der Waals surface area contributed by atoms with Crippen LogP contribution in [0.4, 0.5) is 0 Å². The monoisotopic (exact) mass is 1060 g/mol. The summed E-state index contributed by atoms with van der Waals surface area (Å²) in [6.07, 6.45) is 75.2. The molecule has 1 amide bonds. The Balaban J connectivity index is 4.14. The van der Waals surface area contributed by atoms with Gasteiger partial charge in [-0.2, -0.15) is 0 Å². The molecule has 0 heterocycles. The first-order valence-corrected chi connectivity index (χ1v) is 33.5.